The molecule has 0 aromatic heterocycles. The normalized spacial score (nSPS) is 9.95. The van der Waals surface area contributed by atoms with Gasteiger partial charge in [-0.3, -0.25) is 9.59 Å². The van der Waals surface area contributed by atoms with Crippen LogP contribution in [0.3, 0.4) is 0 Å². The number of ketones is 1. The predicted molar refractivity (Wildman–Crippen MR) is 79.0 cm³/mol. The molecule has 0 fully saturated rings. The molecule has 1 aromatic rings. The maximum absolute atomic E-state index is 12.0. The molecule has 1 amide bonds. The van der Waals surface area contributed by atoms with Gasteiger partial charge in [0.15, 0.2) is 12.4 Å². The molecule has 0 unspecified atom stereocenters. The zero-order valence-corrected chi connectivity index (χ0v) is 12.3. The molecule has 0 saturated carbocycles. The fraction of sp³-hybridized carbons (Fsp3) is 0.375. The quantitative estimate of drug-likeness (QED) is 0.568. The van der Waals surface area contributed by atoms with Crippen LogP contribution in [0.1, 0.15) is 31.1 Å². The van der Waals surface area contributed by atoms with Crippen LogP contribution in [0.5, 0.6) is 5.75 Å². The predicted octanol–water partition coefficient (Wildman–Crippen LogP) is 2.69. The molecule has 0 aliphatic rings. The van der Waals surface area contributed by atoms with Gasteiger partial charge in [0.25, 0.3) is 5.91 Å². The first kappa shape index (κ1) is 16.0. The van der Waals surface area contributed by atoms with Crippen LogP contribution in [0.25, 0.3) is 0 Å². The van der Waals surface area contributed by atoms with Gasteiger partial charge < -0.3 is 9.64 Å². The van der Waals surface area contributed by atoms with Gasteiger partial charge in [-0.1, -0.05) is 12.2 Å². The average Bonchev–Trinajstić information content (AvgIpc) is 2.42. The lowest BCUT2D eigenvalue weighted by molar-refractivity contribution is -0.132. The van der Waals surface area contributed by atoms with E-state index >= 15 is 0 Å². The number of benzene rings is 1. The van der Waals surface area contributed by atoms with Gasteiger partial charge in [-0.25, -0.2) is 0 Å². The Balaban J connectivity index is 2.55. The fourth-order valence-corrected chi connectivity index (χ4v) is 1.72. The van der Waals surface area contributed by atoms with Crippen molar-refractivity contribution in [3.05, 3.63) is 42.0 Å². The molecule has 0 saturated heterocycles. The van der Waals surface area contributed by atoms with Crippen LogP contribution in [0, 0.1) is 0 Å². The smallest absolute Gasteiger partial charge is 0.260 e. The summed E-state index contributed by atoms with van der Waals surface area (Å²) in [7, 11) is 0. The molecule has 0 spiro atoms. The molecule has 0 bridgehead atoms. The lowest BCUT2D eigenvalue weighted by Gasteiger charge is -2.21. The zero-order valence-electron chi connectivity index (χ0n) is 12.3. The Morgan fingerprint density at radius 3 is 2.25 bits per heavy atom. The van der Waals surface area contributed by atoms with E-state index in [-0.39, 0.29) is 18.3 Å². The maximum atomic E-state index is 12.0. The van der Waals surface area contributed by atoms with E-state index in [9.17, 15) is 9.59 Å². The summed E-state index contributed by atoms with van der Waals surface area (Å²) < 4.78 is 5.43. The molecular weight excluding hydrogens is 254 g/mol. The van der Waals surface area contributed by atoms with Crippen molar-refractivity contribution < 1.29 is 14.3 Å². The van der Waals surface area contributed by atoms with Crippen LogP contribution < -0.4 is 4.74 Å². The molecule has 20 heavy (non-hydrogen) atoms. The first-order valence-electron chi connectivity index (χ1n) is 6.60. The van der Waals surface area contributed by atoms with Crippen molar-refractivity contribution in [3.63, 3.8) is 0 Å². The standard InChI is InChI=1S/C16H21NO3/c1-5-17(10-12(2)3)16(19)11-20-15-8-6-14(7-9-15)13(4)18/h6-9H,2,5,10-11H2,1,3-4H3. The Labute approximate surface area is 120 Å². The number of carbonyl (C=O) groups is 2. The van der Waals surface area contributed by atoms with E-state index in [1.54, 1.807) is 29.2 Å². The highest BCUT2D eigenvalue weighted by Crippen LogP contribution is 2.12. The summed E-state index contributed by atoms with van der Waals surface area (Å²) in [5.74, 6) is 0.507. The van der Waals surface area contributed by atoms with E-state index in [0.717, 1.165) is 5.57 Å². The van der Waals surface area contributed by atoms with Crippen molar-refractivity contribution in [1.82, 2.24) is 4.90 Å². The van der Waals surface area contributed by atoms with E-state index in [1.807, 2.05) is 13.8 Å². The minimum absolute atomic E-state index is 0.00578. The number of hydrogen-bond donors (Lipinski definition) is 0. The molecule has 0 atom stereocenters. The highest BCUT2D eigenvalue weighted by Gasteiger charge is 2.12. The second-order valence-electron chi connectivity index (χ2n) is 4.73. The lowest BCUT2D eigenvalue weighted by atomic mass is 10.1. The second kappa shape index (κ2) is 7.48. The minimum atomic E-state index is -0.0776. The molecule has 1 aromatic carbocycles. The second-order valence-corrected chi connectivity index (χ2v) is 4.73. The largest absolute Gasteiger partial charge is 0.484 e. The summed E-state index contributed by atoms with van der Waals surface area (Å²) in [5, 5.41) is 0. The number of hydrogen-bond acceptors (Lipinski definition) is 3. The highest BCUT2D eigenvalue weighted by atomic mass is 16.5. The Bertz CT molecular complexity index is 491. The van der Waals surface area contributed by atoms with E-state index in [1.165, 1.54) is 6.92 Å². The Morgan fingerprint density at radius 1 is 1.20 bits per heavy atom. The third-order valence-electron chi connectivity index (χ3n) is 2.82. The van der Waals surface area contributed by atoms with Gasteiger partial charge in [0.05, 0.1) is 0 Å². The molecule has 1 rings (SSSR count). The molecule has 0 aliphatic heterocycles. The van der Waals surface area contributed by atoms with Crippen molar-refractivity contribution in [2.24, 2.45) is 0 Å². The number of amides is 1. The number of Topliss-reactive ketones (excluding diaryl/α,β-unsaturated/α-hetero) is 1. The van der Waals surface area contributed by atoms with Gasteiger partial charge in [-0.15, -0.1) is 0 Å². The van der Waals surface area contributed by atoms with Crippen LogP contribution in [0.2, 0.25) is 0 Å². The highest BCUT2D eigenvalue weighted by molar-refractivity contribution is 5.94. The van der Waals surface area contributed by atoms with E-state index in [4.69, 9.17) is 4.74 Å². The lowest BCUT2D eigenvalue weighted by Crippen LogP contribution is -2.35. The molecule has 0 N–H and O–H groups in total. The molecular formula is C16H21NO3. The maximum Gasteiger partial charge on any atom is 0.260 e. The SMILES string of the molecule is C=C(C)CN(CC)C(=O)COc1ccc(C(C)=O)cc1. The fourth-order valence-electron chi connectivity index (χ4n) is 1.72. The summed E-state index contributed by atoms with van der Waals surface area (Å²) in [6.45, 7) is 10.3. The summed E-state index contributed by atoms with van der Waals surface area (Å²) in [6.07, 6.45) is 0. The monoisotopic (exact) mass is 275 g/mol. The summed E-state index contributed by atoms with van der Waals surface area (Å²) >= 11 is 0. The Hall–Kier alpha value is -2.10. The summed E-state index contributed by atoms with van der Waals surface area (Å²) in [6, 6.07) is 6.76. The van der Waals surface area contributed by atoms with Crippen LogP contribution in [0.15, 0.2) is 36.4 Å². The molecule has 108 valence electrons. The van der Waals surface area contributed by atoms with Gasteiger partial charge in [-0.2, -0.15) is 0 Å². The van der Waals surface area contributed by atoms with Crippen molar-refractivity contribution in [2.75, 3.05) is 19.7 Å². The molecule has 0 radical (unpaired) electrons. The third kappa shape index (κ3) is 4.88. The van der Waals surface area contributed by atoms with E-state index in [2.05, 4.69) is 6.58 Å². The van der Waals surface area contributed by atoms with Crippen LogP contribution >= 0.6 is 0 Å². The number of likely N-dealkylation sites (N-methyl/N-ethyl adjacent to an activating group) is 1. The third-order valence-corrected chi connectivity index (χ3v) is 2.82. The van der Waals surface area contributed by atoms with Gasteiger partial charge in [-0.05, 0) is 45.0 Å². The topological polar surface area (TPSA) is 46.6 Å². The van der Waals surface area contributed by atoms with E-state index < -0.39 is 0 Å². The van der Waals surface area contributed by atoms with E-state index in [0.29, 0.717) is 24.4 Å². The zero-order chi connectivity index (χ0) is 15.1. The van der Waals surface area contributed by atoms with Crippen molar-refractivity contribution >= 4 is 11.7 Å². The van der Waals surface area contributed by atoms with Crippen molar-refractivity contribution in [2.45, 2.75) is 20.8 Å². The molecule has 0 heterocycles. The number of rotatable bonds is 7. The summed E-state index contributed by atoms with van der Waals surface area (Å²) in [5.41, 5.74) is 1.56. The van der Waals surface area contributed by atoms with Crippen molar-refractivity contribution in [3.8, 4) is 5.75 Å². The summed E-state index contributed by atoms with van der Waals surface area (Å²) in [4.78, 5) is 24.8. The number of carbonyl (C=O) groups excluding carboxylic acids is 2. The van der Waals surface area contributed by atoms with Crippen LogP contribution in [-0.4, -0.2) is 36.3 Å². The van der Waals surface area contributed by atoms with Gasteiger partial charge in [0, 0.05) is 18.7 Å². The Kier molecular flexibility index (Phi) is 5.97. The number of ether oxygens (including phenoxy) is 1. The Morgan fingerprint density at radius 2 is 1.80 bits per heavy atom. The molecule has 4 nitrogen and oxygen atoms in total. The van der Waals surface area contributed by atoms with Gasteiger partial charge >= 0.3 is 0 Å². The van der Waals surface area contributed by atoms with Crippen LogP contribution in [-0.2, 0) is 4.79 Å². The minimum Gasteiger partial charge on any atom is -0.484 e. The molecule has 4 heteroatoms. The average molecular weight is 275 g/mol. The van der Waals surface area contributed by atoms with Crippen molar-refractivity contribution in [1.29, 1.82) is 0 Å². The van der Waals surface area contributed by atoms with Crippen LogP contribution in [0.4, 0.5) is 0 Å². The van der Waals surface area contributed by atoms with Gasteiger partial charge in [0.1, 0.15) is 5.75 Å². The molecule has 0 aliphatic carbocycles. The first-order valence-corrected chi connectivity index (χ1v) is 6.60. The number of nitrogens with zero attached hydrogens (tertiary/aromatic N) is 1. The first-order chi connectivity index (χ1) is 9.43. The van der Waals surface area contributed by atoms with Gasteiger partial charge in [0.2, 0.25) is 0 Å².